The van der Waals surface area contributed by atoms with Crippen LogP contribution in [0, 0.1) is 0 Å². The van der Waals surface area contributed by atoms with Crippen molar-refractivity contribution >= 4 is 15.7 Å². The van der Waals surface area contributed by atoms with Crippen LogP contribution < -0.4 is 10.9 Å². The van der Waals surface area contributed by atoms with Crippen molar-refractivity contribution in [1.29, 1.82) is 0 Å². The highest BCUT2D eigenvalue weighted by atomic mass is 32.2. The van der Waals surface area contributed by atoms with Crippen LogP contribution in [0.3, 0.4) is 0 Å². The number of nitrogens with two attached hydrogens (primary N) is 2. The Balaban J connectivity index is 2.78. The standard InChI is InChI=1S/C8H9N5O2S/c9-6-2-1-3-7(16(10,14)15)8(6)13-5-4-11-12-13/h1-5H,9H2,(H2,10,14,15). The van der Waals surface area contributed by atoms with Crippen LogP contribution in [0.4, 0.5) is 5.69 Å². The smallest absolute Gasteiger partial charge is 0.240 e. The third-order valence-electron chi connectivity index (χ3n) is 1.99. The van der Waals surface area contributed by atoms with Crippen molar-refractivity contribution in [2.45, 2.75) is 4.90 Å². The van der Waals surface area contributed by atoms with Gasteiger partial charge in [-0.15, -0.1) is 5.10 Å². The van der Waals surface area contributed by atoms with Gasteiger partial charge < -0.3 is 5.73 Å². The molecule has 2 aromatic rings. The van der Waals surface area contributed by atoms with E-state index in [1.165, 1.54) is 29.2 Å². The number of benzene rings is 1. The van der Waals surface area contributed by atoms with Gasteiger partial charge in [0.1, 0.15) is 10.6 Å². The van der Waals surface area contributed by atoms with E-state index in [-0.39, 0.29) is 16.3 Å². The Kier molecular flexibility index (Phi) is 2.37. The summed E-state index contributed by atoms with van der Waals surface area (Å²) in [4.78, 5) is -0.0852. The molecule has 1 aromatic carbocycles. The lowest BCUT2D eigenvalue weighted by Gasteiger charge is -2.09. The lowest BCUT2D eigenvalue weighted by atomic mass is 10.3. The molecule has 1 aromatic heterocycles. The van der Waals surface area contributed by atoms with E-state index >= 15 is 0 Å². The first-order valence-corrected chi connectivity index (χ1v) is 5.83. The largest absolute Gasteiger partial charge is 0.397 e. The summed E-state index contributed by atoms with van der Waals surface area (Å²) in [6, 6.07) is 4.43. The monoisotopic (exact) mass is 239 g/mol. The van der Waals surface area contributed by atoms with Gasteiger partial charge in [-0.2, -0.15) is 0 Å². The van der Waals surface area contributed by atoms with Crippen molar-refractivity contribution < 1.29 is 8.42 Å². The van der Waals surface area contributed by atoms with Crippen molar-refractivity contribution in [3.05, 3.63) is 30.6 Å². The number of nitrogen functional groups attached to an aromatic ring is 1. The molecule has 0 saturated carbocycles. The van der Waals surface area contributed by atoms with Crippen molar-refractivity contribution in [2.75, 3.05) is 5.73 Å². The maximum Gasteiger partial charge on any atom is 0.240 e. The van der Waals surface area contributed by atoms with E-state index in [0.717, 1.165) is 0 Å². The van der Waals surface area contributed by atoms with Crippen LogP contribution in [-0.4, -0.2) is 23.4 Å². The molecule has 0 unspecified atom stereocenters. The Morgan fingerprint density at radius 3 is 2.62 bits per heavy atom. The molecule has 0 atom stereocenters. The summed E-state index contributed by atoms with van der Waals surface area (Å²) < 4.78 is 24.0. The number of rotatable bonds is 2. The highest BCUT2D eigenvalue weighted by Crippen LogP contribution is 2.23. The number of hydrogen-bond donors (Lipinski definition) is 2. The fraction of sp³-hybridized carbons (Fsp3) is 0. The molecule has 0 aliphatic rings. The molecule has 0 amide bonds. The number of primary sulfonamides is 1. The van der Waals surface area contributed by atoms with Gasteiger partial charge in [-0.3, -0.25) is 0 Å². The van der Waals surface area contributed by atoms with E-state index in [9.17, 15) is 8.42 Å². The minimum Gasteiger partial charge on any atom is -0.397 e. The van der Waals surface area contributed by atoms with E-state index in [2.05, 4.69) is 10.3 Å². The van der Waals surface area contributed by atoms with Crippen LogP contribution in [0.15, 0.2) is 35.5 Å². The molecule has 0 radical (unpaired) electrons. The second-order valence-corrected chi connectivity index (χ2v) is 4.62. The summed E-state index contributed by atoms with van der Waals surface area (Å²) in [6.45, 7) is 0. The van der Waals surface area contributed by atoms with E-state index < -0.39 is 10.0 Å². The number of anilines is 1. The third-order valence-corrected chi connectivity index (χ3v) is 2.93. The predicted molar refractivity (Wildman–Crippen MR) is 57.1 cm³/mol. The minimum atomic E-state index is -3.85. The van der Waals surface area contributed by atoms with Crippen LogP contribution in [0.2, 0.25) is 0 Å². The molecular formula is C8H9N5O2S. The number of hydrogen-bond acceptors (Lipinski definition) is 5. The van der Waals surface area contributed by atoms with Crippen molar-refractivity contribution in [3.63, 3.8) is 0 Å². The quantitative estimate of drug-likeness (QED) is 0.685. The van der Waals surface area contributed by atoms with Gasteiger partial charge in [0.25, 0.3) is 0 Å². The number of aromatic nitrogens is 3. The number of sulfonamides is 1. The van der Waals surface area contributed by atoms with Gasteiger partial charge >= 0.3 is 0 Å². The van der Waals surface area contributed by atoms with Gasteiger partial charge in [0.05, 0.1) is 18.1 Å². The summed E-state index contributed by atoms with van der Waals surface area (Å²) in [6.07, 6.45) is 2.90. The summed E-state index contributed by atoms with van der Waals surface area (Å²) >= 11 is 0. The summed E-state index contributed by atoms with van der Waals surface area (Å²) in [5, 5.41) is 12.4. The van der Waals surface area contributed by atoms with Gasteiger partial charge in [0.15, 0.2) is 0 Å². The molecule has 2 rings (SSSR count). The molecule has 8 heteroatoms. The second kappa shape index (κ2) is 3.58. The van der Waals surface area contributed by atoms with Gasteiger partial charge in [-0.1, -0.05) is 11.3 Å². The number of nitrogens with zero attached hydrogens (tertiary/aromatic N) is 3. The average molecular weight is 239 g/mol. The van der Waals surface area contributed by atoms with E-state index in [0.29, 0.717) is 0 Å². The highest BCUT2D eigenvalue weighted by Gasteiger charge is 2.17. The molecule has 1 heterocycles. The van der Waals surface area contributed by atoms with Gasteiger partial charge in [-0.25, -0.2) is 18.2 Å². The molecule has 0 saturated heterocycles. The molecule has 16 heavy (non-hydrogen) atoms. The summed E-state index contributed by atoms with van der Waals surface area (Å²) in [5.74, 6) is 0. The molecule has 0 aliphatic heterocycles. The van der Waals surface area contributed by atoms with Crippen LogP contribution >= 0.6 is 0 Å². The van der Waals surface area contributed by atoms with E-state index in [1.54, 1.807) is 6.07 Å². The minimum absolute atomic E-state index is 0.0852. The fourth-order valence-electron chi connectivity index (χ4n) is 1.34. The average Bonchev–Trinajstić information content (AvgIpc) is 2.68. The first kappa shape index (κ1) is 10.6. The zero-order valence-corrected chi connectivity index (χ0v) is 8.92. The van der Waals surface area contributed by atoms with Crippen molar-refractivity contribution in [1.82, 2.24) is 15.0 Å². The van der Waals surface area contributed by atoms with Crippen LogP contribution in [0.25, 0.3) is 5.69 Å². The summed E-state index contributed by atoms with van der Waals surface area (Å²) in [7, 11) is -3.85. The zero-order valence-electron chi connectivity index (χ0n) is 8.11. The SMILES string of the molecule is Nc1cccc(S(N)(=O)=O)c1-n1ccnn1. The molecule has 0 spiro atoms. The van der Waals surface area contributed by atoms with Crippen LogP contribution in [0.5, 0.6) is 0 Å². The lowest BCUT2D eigenvalue weighted by Crippen LogP contribution is -2.16. The Morgan fingerprint density at radius 2 is 2.06 bits per heavy atom. The molecule has 84 valence electrons. The topological polar surface area (TPSA) is 117 Å². The third kappa shape index (κ3) is 1.75. The Labute approximate surface area is 91.7 Å². The lowest BCUT2D eigenvalue weighted by molar-refractivity contribution is 0.596. The zero-order chi connectivity index (χ0) is 11.8. The van der Waals surface area contributed by atoms with Gasteiger partial charge in [-0.05, 0) is 12.1 Å². The normalized spacial score (nSPS) is 11.6. The maximum absolute atomic E-state index is 11.4. The Morgan fingerprint density at radius 1 is 1.31 bits per heavy atom. The van der Waals surface area contributed by atoms with Crippen molar-refractivity contribution in [2.24, 2.45) is 5.14 Å². The van der Waals surface area contributed by atoms with Crippen LogP contribution in [-0.2, 0) is 10.0 Å². The van der Waals surface area contributed by atoms with E-state index in [1.807, 2.05) is 0 Å². The Hall–Kier alpha value is -1.93. The fourth-order valence-corrected chi connectivity index (χ4v) is 2.09. The predicted octanol–water partition coefficient (Wildman–Crippen LogP) is -0.503. The molecular weight excluding hydrogens is 230 g/mol. The first-order chi connectivity index (χ1) is 7.50. The molecule has 7 nitrogen and oxygen atoms in total. The van der Waals surface area contributed by atoms with Crippen molar-refractivity contribution in [3.8, 4) is 5.69 Å². The molecule has 4 N–H and O–H groups in total. The highest BCUT2D eigenvalue weighted by molar-refractivity contribution is 7.89. The summed E-state index contributed by atoms with van der Waals surface area (Å²) in [5.41, 5.74) is 6.17. The molecule has 0 bridgehead atoms. The van der Waals surface area contributed by atoms with Gasteiger partial charge in [0, 0.05) is 0 Å². The Bertz CT molecular complexity index is 605. The number of para-hydroxylation sites is 1. The molecule has 0 aliphatic carbocycles. The maximum atomic E-state index is 11.4. The van der Waals surface area contributed by atoms with Crippen LogP contribution in [0.1, 0.15) is 0 Å². The molecule has 0 fully saturated rings. The van der Waals surface area contributed by atoms with Gasteiger partial charge in [0.2, 0.25) is 10.0 Å². The first-order valence-electron chi connectivity index (χ1n) is 4.28. The second-order valence-electron chi connectivity index (χ2n) is 3.09. The van der Waals surface area contributed by atoms with E-state index in [4.69, 9.17) is 10.9 Å².